The summed E-state index contributed by atoms with van der Waals surface area (Å²) in [4.78, 5) is 4.12. The van der Waals surface area contributed by atoms with Gasteiger partial charge in [0.2, 0.25) is 0 Å². The first-order chi connectivity index (χ1) is 7.77. The lowest BCUT2D eigenvalue weighted by atomic mass is 10.4. The third-order valence-corrected chi connectivity index (χ3v) is 2.25. The lowest BCUT2D eigenvalue weighted by molar-refractivity contribution is 0.0977. The Morgan fingerprint density at radius 3 is 2.81 bits per heavy atom. The number of methoxy groups -OCH3 is 1. The SMILES string of the molecule is CCCOCCOc1ncc(Br)cc1OC. The molecule has 0 radical (unpaired) electrons. The largest absolute Gasteiger partial charge is 0.491 e. The molecule has 0 bridgehead atoms. The number of hydrogen-bond donors (Lipinski definition) is 0. The fourth-order valence-corrected chi connectivity index (χ4v) is 1.42. The third-order valence-electron chi connectivity index (χ3n) is 1.82. The minimum atomic E-state index is 0.477. The van der Waals surface area contributed by atoms with Crippen molar-refractivity contribution in [1.82, 2.24) is 4.98 Å². The predicted molar refractivity (Wildman–Crippen MR) is 65.1 cm³/mol. The van der Waals surface area contributed by atoms with E-state index in [1.54, 1.807) is 13.3 Å². The van der Waals surface area contributed by atoms with Crippen LogP contribution in [-0.2, 0) is 4.74 Å². The van der Waals surface area contributed by atoms with Crippen LogP contribution in [0.15, 0.2) is 16.7 Å². The summed E-state index contributed by atoms with van der Waals surface area (Å²) in [7, 11) is 1.59. The molecule has 1 rings (SSSR count). The minimum Gasteiger partial charge on any atom is -0.491 e. The van der Waals surface area contributed by atoms with Gasteiger partial charge in [0.05, 0.1) is 13.7 Å². The lowest BCUT2D eigenvalue weighted by Gasteiger charge is -2.09. The van der Waals surface area contributed by atoms with Gasteiger partial charge >= 0.3 is 0 Å². The summed E-state index contributed by atoms with van der Waals surface area (Å²) in [6.45, 7) is 3.87. The first-order valence-electron chi connectivity index (χ1n) is 5.18. The van der Waals surface area contributed by atoms with Gasteiger partial charge in [0.25, 0.3) is 5.88 Å². The zero-order valence-electron chi connectivity index (χ0n) is 9.53. The molecule has 16 heavy (non-hydrogen) atoms. The molecule has 0 saturated carbocycles. The molecule has 0 aliphatic rings. The smallest absolute Gasteiger partial charge is 0.257 e. The predicted octanol–water partition coefficient (Wildman–Crippen LogP) is 2.66. The van der Waals surface area contributed by atoms with Gasteiger partial charge in [-0.1, -0.05) is 6.92 Å². The van der Waals surface area contributed by atoms with Crippen LogP contribution in [0.1, 0.15) is 13.3 Å². The maximum absolute atomic E-state index is 5.45. The maximum Gasteiger partial charge on any atom is 0.257 e. The van der Waals surface area contributed by atoms with Crippen molar-refractivity contribution in [1.29, 1.82) is 0 Å². The van der Waals surface area contributed by atoms with E-state index in [9.17, 15) is 0 Å². The van der Waals surface area contributed by atoms with Crippen LogP contribution < -0.4 is 9.47 Å². The van der Waals surface area contributed by atoms with E-state index >= 15 is 0 Å². The van der Waals surface area contributed by atoms with Crippen LogP contribution in [0.5, 0.6) is 11.6 Å². The first kappa shape index (κ1) is 13.3. The van der Waals surface area contributed by atoms with E-state index in [1.165, 1.54) is 0 Å². The number of halogens is 1. The molecule has 0 atom stereocenters. The highest BCUT2D eigenvalue weighted by Crippen LogP contribution is 2.27. The molecule has 4 nitrogen and oxygen atoms in total. The average Bonchev–Trinajstić information content (AvgIpc) is 2.30. The Labute approximate surface area is 104 Å². The number of aromatic nitrogens is 1. The third kappa shape index (κ3) is 4.37. The van der Waals surface area contributed by atoms with E-state index in [0.717, 1.165) is 17.5 Å². The molecule has 0 aliphatic heterocycles. The van der Waals surface area contributed by atoms with E-state index in [0.29, 0.717) is 24.8 Å². The minimum absolute atomic E-state index is 0.477. The van der Waals surface area contributed by atoms with Crippen LogP contribution in [0.4, 0.5) is 0 Å². The van der Waals surface area contributed by atoms with Gasteiger partial charge in [-0.25, -0.2) is 4.98 Å². The lowest BCUT2D eigenvalue weighted by Crippen LogP contribution is -2.08. The molecule has 0 saturated heterocycles. The van der Waals surface area contributed by atoms with Gasteiger partial charge in [-0.05, 0) is 22.4 Å². The Morgan fingerprint density at radius 2 is 2.12 bits per heavy atom. The Bertz CT molecular complexity index is 320. The first-order valence-corrected chi connectivity index (χ1v) is 5.97. The molecule has 0 unspecified atom stereocenters. The standard InChI is InChI=1S/C11H16BrNO3/c1-3-4-15-5-6-16-11-10(14-2)7-9(12)8-13-11/h7-8H,3-6H2,1-2H3. The molecular weight excluding hydrogens is 274 g/mol. The second-order valence-corrected chi connectivity index (χ2v) is 4.04. The Morgan fingerprint density at radius 1 is 1.31 bits per heavy atom. The van der Waals surface area contributed by atoms with Crippen LogP contribution in [0.3, 0.4) is 0 Å². The normalized spacial score (nSPS) is 10.2. The van der Waals surface area contributed by atoms with Crippen molar-refractivity contribution >= 4 is 15.9 Å². The number of ether oxygens (including phenoxy) is 3. The summed E-state index contributed by atoms with van der Waals surface area (Å²) in [6.07, 6.45) is 2.69. The topological polar surface area (TPSA) is 40.6 Å². The quantitative estimate of drug-likeness (QED) is 0.724. The molecule has 0 aliphatic carbocycles. The van der Waals surface area contributed by atoms with Crippen molar-refractivity contribution in [3.63, 3.8) is 0 Å². The van der Waals surface area contributed by atoms with Crippen molar-refractivity contribution in [3.05, 3.63) is 16.7 Å². The van der Waals surface area contributed by atoms with Gasteiger partial charge < -0.3 is 14.2 Å². The molecule has 5 heteroatoms. The summed E-state index contributed by atoms with van der Waals surface area (Å²) in [6, 6.07) is 1.81. The monoisotopic (exact) mass is 289 g/mol. The van der Waals surface area contributed by atoms with Gasteiger partial charge in [-0.15, -0.1) is 0 Å². The molecule has 0 spiro atoms. The summed E-state index contributed by atoms with van der Waals surface area (Å²) < 4.78 is 16.8. The fraction of sp³-hybridized carbons (Fsp3) is 0.545. The molecule has 1 aromatic heterocycles. The highest BCUT2D eigenvalue weighted by atomic mass is 79.9. The van der Waals surface area contributed by atoms with Crippen molar-refractivity contribution in [2.24, 2.45) is 0 Å². The van der Waals surface area contributed by atoms with Gasteiger partial charge in [0.1, 0.15) is 6.61 Å². The maximum atomic E-state index is 5.45. The second kappa shape index (κ2) is 7.46. The fourth-order valence-electron chi connectivity index (χ4n) is 1.11. The van der Waals surface area contributed by atoms with E-state index in [4.69, 9.17) is 14.2 Å². The van der Waals surface area contributed by atoms with Crippen LogP contribution in [-0.4, -0.2) is 31.9 Å². The number of pyridine rings is 1. The summed E-state index contributed by atoms with van der Waals surface area (Å²) >= 11 is 3.32. The van der Waals surface area contributed by atoms with Gasteiger partial charge in [0, 0.05) is 23.3 Å². The van der Waals surface area contributed by atoms with Crippen molar-refractivity contribution in [2.75, 3.05) is 26.9 Å². The molecule has 1 aromatic rings. The summed E-state index contributed by atoms with van der Waals surface area (Å²) in [5.41, 5.74) is 0. The number of hydrogen-bond acceptors (Lipinski definition) is 4. The Kier molecular flexibility index (Phi) is 6.18. The molecule has 0 N–H and O–H groups in total. The van der Waals surface area contributed by atoms with Crippen LogP contribution in [0.2, 0.25) is 0 Å². The van der Waals surface area contributed by atoms with Gasteiger partial charge in [-0.2, -0.15) is 0 Å². The molecule has 0 fully saturated rings. The zero-order chi connectivity index (χ0) is 11.8. The Hall–Kier alpha value is -0.810. The molecular formula is C11H16BrNO3. The van der Waals surface area contributed by atoms with E-state index in [2.05, 4.69) is 27.8 Å². The molecule has 0 amide bonds. The second-order valence-electron chi connectivity index (χ2n) is 3.12. The highest BCUT2D eigenvalue weighted by molar-refractivity contribution is 9.10. The Balaban J connectivity index is 2.41. The van der Waals surface area contributed by atoms with Crippen molar-refractivity contribution in [3.8, 4) is 11.6 Å². The summed E-state index contributed by atoms with van der Waals surface area (Å²) in [5.74, 6) is 1.11. The zero-order valence-corrected chi connectivity index (χ0v) is 11.1. The van der Waals surface area contributed by atoms with E-state index in [1.807, 2.05) is 6.07 Å². The van der Waals surface area contributed by atoms with E-state index < -0.39 is 0 Å². The van der Waals surface area contributed by atoms with Crippen LogP contribution in [0, 0.1) is 0 Å². The van der Waals surface area contributed by atoms with Gasteiger partial charge in [-0.3, -0.25) is 0 Å². The van der Waals surface area contributed by atoms with Crippen molar-refractivity contribution < 1.29 is 14.2 Å². The van der Waals surface area contributed by atoms with E-state index in [-0.39, 0.29) is 0 Å². The molecule has 90 valence electrons. The summed E-state index contributed by atoms with van der Waals surface area (Å²) in [5, 5.41) is 0. The number of nitrogens with zero attached hydrogens (tertiary/aromatic N) is 1. The molecule has 1 heterocycles. The van der Waals surface area contributed by atoms with Crippen molar-refractivity contribution in [2.45, 2.75) is 13.3 Å². The number of rotatable bonds is 7. The van der Waals surface area contributed by atoms with Crippen LogP contribution in [0.25, 0.3) is 0 Å². The molecule has 0 aromatic carbocycles. The van der Waals surface area contributed by atoms with Crippen LogP contribution >= 0.6 is 15.9 Å². The van der Waals surface area contributed by atoms with Gasteiger partial charge in [0.15, 0.2) is 5.75 Å². The average molecular weight is 290 g/mol. The highest BCUT2D eigenvalue weighted by Gasteiger charge is 2.06.